The molecule has 4 heteroatoms. The van der Waals surface area contributed by atoms with Crippen LogP contribution in [0.15, 0.2) is 29.4 Å². The summed E-state index contributed by atoms with van der Waals surface area (Å²) in [4.78, 5) is 12.2. The SMILES string of the molecule is C[C@]12CCCC[C@H]1[C@@H]2C(=O)N/N=C\c1ccc(Cl)cc1. The molecule has 2 fully saturated rings. The Labute approximate surface area is 124 Å². The Kier molecular flexibility index (Phi) is 3.55. The molecule has 2 aliphatic rings. The van der Waals surface area contributed by atoms with Crippen LogP contribution in [0.4, 0.5) is 0 Å². The van der Waals surface area contributed by atoms with Crippen LogP contribution in [0, 0.1) is 17.3 Å². The summed E-state index contributed by atoms with van der Waals surface area (Å²) in [7, 11) is 0. The Morgan fingerprint density at radius 2 is 2.15 bits per heavy atom. The molecule has 0 bridgehead atoms. The van der Waals surface area contributed by atoms with E-state index in [1.807, 2.05) is 12.1 Å². The van der Waals surface area contributed by atoms with Gasteiger partial charge in [0.2, 0.25) is 5.91 Å². The lowest BCUT2D eigenvalue weighted by Gasteiger charge is -2.15. The van der Waals surface area contributed by atoms with Gasteiger partial charge in [0, 0.05) is 10.9 Å². The fraction of sp³-hybridized carbons (Fsp3) is 0.500. The van der Waals surface area contributed by atoms with Crippen molar-refractivity contribution in [1.82, 2.24) is 5.43 Å². The van der Waals surface area contributed by atoms with Gasteiger partial charge in [-0.3, -0.25) is 4.79 Å². The Balaban J connectivity index is 1.56. The molecule has 3 atom stereocenters. The highest BCUT2D eigenvalue weighted by atomic mass is 35.5. The molecule has 0 spiro atoms. The predicted octanol–water partition coefficient (Wildman–Crippen LogP) is 3.62. The molecule has 0 saturated heterocycles. The van der Waals surface area contributed by atoms with Crippen LogP contribution in [0.3, 0.4) is 0 Å². The second-order valence-electron chi connectivity index (χ2n) is 6.12. The lowest BCUT2D eigenvalue weighted by molar-refractivity contribution is -0.123. The smallest absolute Gasteiger partial charge is 0.244 e. The molecule has 1 aromatic rings. The second-order valence-corrected chi connectivity index (χ2v) is 6.56. The molecule has 106 valence electrons. The lowest BCUT2D eigenvalue weighted by Crippen LogP contribution is -2.22. The highest BCUT2D eigenvalue weighted by molar-refractivity contribution is 6.30. The minimum absolute atomic E-state index is 0.0737. The van der Waals surface area contributed by atoms with Crippen LogP contribution in [0.5, 0.6) is 0 Å². The third kappa shape index (κ3) is 2.47. The zero-order valence-corrected chi connectivity index (χ0v) is 12.4. The number of benzene rings is 1. The molecule has 0 radical (unpaired) electrons. The summed E-state index contributed by atoms with van der Waals surface area (Å²) in [5.74, 6) is 0.805. The summed E-state index contributed by atoms with van der Waals surface area (Å²) in [6.45, 7) is 2.24. The van der Waals surface area contributed by atoms with Gasteiger partial charge in [0.05, 0.1) is 6.21 Å². The fourth-order valence-electron chi connectivity index (χ4n) is 3.64. The molecule has 0 unspecified atom stereocenters. The van der Waals surface area contributed by atoms with E-state index in [-0.39, 0.29) is 17.2 Å². The van der Waals surface area contributed by atoms with E-state index in [1.165, 1.54) is 25.7 Å². The molecule has 0 heterocycles. The molecule has 0 aliphatic heterocycles. The van der Waals surface area contributed by atoms with Gasteiger partial charge in [-0.15, -0.1) is 0 Å². The van der Waals surface area contributed by atoms with Gasteiger partial charge in [0.25, 0.3) is 0 Å². The largest absolute Gasteiger partial charge is 0.273 e. The highest BCUT2D eigenvalue weighted by Crippen LogP contribution is 2.66. The maximum atomic E-state index is 12.2. The van der Waals surface area contributed by atoms with Crippen LogP contribution < -0.4 is 5.43 Å². The van der Waals surface area contributed by atoms with E-state index >= 15 is 0 Å². The van der Waals surface area contributed by atoms with Crippen molar-refractivity contribution in [2.75, 3.05) is 0 Å². The van der Waals surface area contributed by atoms with Gasteiger partial charge in [-0.2, -0.15) is 5.10 Å². The minimum atomic E-state index is 0.0737. The monoisotopic (exact) mass is 290 g/mol. The van der Waals surface area contributed by atoms with Crippen LogP contribution in [0.25, 0.3) is 0 Å². The van der Waals surface area contributed by atoms with Gasteiger partial charge in [0.15, 0.2) is 0 Å². The number of hydrazone groups is 1. The van der Waals surface area contributed by atoms with Gasteiger partial charge < -0.3 is 0 Å². The van der Waals surface area contributed by atoms with Gasteiger partial charge >= 0.3 is 0 Å². The summed E-state index contributed by atoms with van der Waals surface area (Å²) in [6, 6.07) is 7.36. The van der Waals surface area contributed by atoms with Crippen LogP contribution in [-0.4, -0.2) is 12.1 Å². The predicted molar refractivity (Wildman–Crippen MR) is 80.7 cm³/mol. The van der Waals surface area contributed by atoms with E-state index in [4.69, 9.17) is 11.6 Å². The quantitative estimate of drug-likeness (QED) is 0.670. The van der Waals surface area contributed by atoms with E-state index in [0.717, 1.165) is 5.56 Å². The van der Waals surface area contributed by atoms with E-state index in [1.54, 1.807) is 18.3 Å². The first-order valence-corrected chi connectivity index (χ1v) is 7.57. The van der Waals surface area contributed by atoms with E-state index in [2.05, 4.69) is 17.5 Å². The van der Waals surface area contributed by atoms with Crippen molar-refractivity contribution in [2.24, 2.45) is 22.4 Å². The van der Waals surface area contributed by atoms with Crippen molar-refractivity contribution in [3.8, 4) is 0 Å². The molecule has 1 amide bonds. The van der Waals surface area contributed by atoms with E-state index in [0.29, 0.717) is 10.9 Å². The zero-order chi connectivity index (χ0) is 14.2. The number of hydrogen-bond donors (Lipinski definition) is 1. The first-order chi connectivity index (χ1) is 9.61. The number of carbonyl (C=O) groups excluding carboxylic acids is 1. The number of amides is 1. The van der Waals surface area contributed by atoms with Crippen LogP contribution >= 0.6 is 11.6 Å². The van der Waals surface area contributed by atoms with Crippen LogP contribution in [0.1, 0.15) is 38.2 Å². The molecular formula is C16H19ClN2O. The number of nitrogens with one attached hydrogen (secondary N) is 1. The lowest BCUT2D eigenvalue weighted by atomic mass is 9.90. The summed E-state index contributed by atoms with van der Waals surface area (Å²) in [6.07, 6.45) is 6.54. The van der Waals surface area contributed by atoms with Crippen molar-refractivity contribution in [3.63, 3.8) is 0 Å². The fourth-order valence-corrected chi connectivity index (χ4v) is 3.77. The van der Waals surface area contributed by atoms with Crippen molar-refractivity contribution >= 4 is 23.7 Å². The third-order valence-corrected chi connectivity index (χ3v) is 5.12. The summed E-state index contributed by atoms with van der Waals surface area (Å²) < 4.78 is 0. The number of rotatable bonds is 3. The molecule has 0 aromatic heterocycles. The highest BCUT2D eigenvalue weighted by Gasteiger charge is 2.64. The van der Waals surface area contributed by atoms with Crippen LogP contribution in [-0.2, 0) is 4.79 Å². The Morgan fingerprint density at radius 3 is 2.80 bits per heavy atom. The number of halogens is 1. The second kappa shape index (κ2) is 5.21. The number of carbonyl (C=O) groups is 1. The molecule has 1 N–H and O–H groups in total. The molecule has 3 nitrogen and oxygen atoms in total. The van der Waals surface area contributed by atoms with Gasteiger partial charge in [-0.1, -0.05) is 43.5 Å². The van der Waals surface area contributed by atoms with Crippen LogP contribution in [0.2, 0.25) is 5.02 Å². The Bertz CT molecular complexity index is 540. The standard InChI is InChI=1S/C16H19ClN2O/c1-16-9-3-2-4-13(16)14(16)15(20)19-18-10-11-5-7-12(17)8-6-11/h5-8,10,13-14H,2-4,9H2,1H3,(H,19,20)/b18-10-/t13-,14+,16-/m0/s1. The van der Waals surface area contributed by atoms with Crippen molar-refractivity contribution in [2.45, 2.75) is 32.6 Å². The van der Waals surface area contributed by atoms with Gasteiger partial charge in [-0.05, 0) is 41.9 Å². The molecule has 2 saturated carbocycles. The number of hydrogen-bond acceptors (Lipinski definition) is 2. The number of nitrogens with zero attached hydrogens (tertiary/aromatic N) is 1. The first-order valence-electron chi connectivity index (χ1n) is 7.20. The maximum Gasteiger partial charge on any atom is 0.244 e. The molecule has 3 rings (SSSR count). The first kappa shape index (κ1) is 13.6. The van der Waals surface area contributed by atoms with Crippen molar-refractivity contribution in [3.05, 3.63) is 34.9 Å². The normalized spacial score (nSPS) is 31.9. The minimum Gasteiger partial charge on any atom is -0.273 e. The Morgan fingerprint density at radius 1 is 1.40 bits per heavy atom. The molecule has 20 heavy (non-hydrogen) atoms. The number of fused-ring (bicyclic) bond motifs is 1. The average Bonchev–Trinajstić information content (AvgIpc) is 3.06. The van der Waals surface area contributed by atoms with Gasteiger partial charge in [-0.25, -0.2) is 5.43 Å². The topological polar surface area (TPSA) is 41.5 Å². The van der Waals surface area contributed by atoms with E-state index in [9.17, 15) is 4.79 Å². The van der Waals surface area contributed by atoms with Gasteiger partial charge in [0.1, 0.15) is 0 Å². The Hall–Kier alpha value is -1.35. The van der Waals surface area contributed by atoms with E-state index < -0.39 is 0 Å². The zero-order valence-electron chi connectivity index (χ0n) is 11.6. The summed E-state index contributed by atoms with van der Waals surface area (Å²) >= 11 is 5.82. The maximum absolute atomic E-state index is 12.2. The molecular weight excluding hydrogens is 272 g/mol. The summed E-state index contributed by atoms with van der Waals surface area (Å²) in [5.41, 5.74) is 3.85. The average molecular weight is 291 g/mol. The molecule has 1 aromatic carbocycles. The third-order valence-electron chi connectivity index (χ3n) is 4.87. The summed E-state index contributed by atoms with van der Waals surface area (Å²) in [5, 5.41) is 4.75. The molecule has 2 aliphatic carbocycles. The van der Waals surface area contributed by atoms with Crippen molar-refractivity contribution < 1.29 is 4.79 Å². The van der Waals surface area contributed by atoms with Crippen molar-refractivity contribution in [1.29, 1.82) is 0 Å².